The van der Waals surface area contributed by atoms with Crippen molar-refractivity contribution in [1.29, 1.82) is 0 Å². The summed E-state index contributed by atoms with van der Waals surface area (Å²) in [6, 6.07) is 6.60. The van der Waals surface area contributed by atoms with Gasteiger partial charge < -0.3 is 35.6 Å². The Kier molecular flexibility index (Phi) is 4.23. The van der Waals surface area contributed by atoms with E-state index in [1.807, 2.05) is 0 Å². The van der Waals surface area contributed by atoms with Gasteiger partial charge in [-0.05, 0) is 12.1 Å². The molecule has 106 valence electrons. The van der Waals surface area contributed by atoms with Crippen molar-refractivity contribution in [1.82, 2.24) is 0 Å². The van der Waals surface area contributed by atoms with Gasteiger partial charge in [0.15, 0.2) is 0 Å². The summed E-state index contributed by atoms with van der Waals surface area (Å²) in [5, 5.41) is 38.1. The van der Waals surface area contributed by atoms with Gasteiger partial charge in [-0.15, -0.1) is 0 Å². The van der Waals surface area contributed by atoms with E-state index in [9.17, 15) is 15.3 Å². The van der Waals surface area contributed by atoms with E-state index in [2.05, 4.69) is 0 Å². The number of aliphatic hydroxyl groups excluding tert-OH is 4. The minimum atomic E-state index is -1.47. The van der Waals surface area contributed by atoms with Crippen LogP contribution in [0.5, 0.6) is 5.75 Å². The van der Waals surface area contributed by atoms with Crippen molar-refractivity contribution in [2.75, 3.05) is 12.3 Å². The fraction of sp³-hybridized carbons (Fsp3) is 0.500. The van der Waals surface area contributed by atoms with E-state index in [0.29, 0.717) is 5.69 Å². The smallest absolute Gasteiger partial charge is 0.229 e. The van der Waals surface area contributed by atoms with Gasteiger partial charge in [-0.3, -0.25) is 0 Å². The lowest BCUT2D eigenvalue weighted by atomic mass is 9.99. The molecule has 0 bridgehead atoms. The average molecular weight is 271 g/mol. The van der Waals surface area contributed by atoms with Crippen LogP contribution in [0.15, 0.2) is 24.3 Å². The molecule has 0 aromatic heterocycles. The van der Waals surface area contributed by atoms with Gasteiger partial charge in [0.05, 0.1) is 12.3 Å². The fourth-order valence-electron chi connectivity index (χ4n) is 1.88. The Hall–Kier alpha value is -1.38. The van der Waals surface area contributed by atoms with Crippen molar-refractivity contribution < 1.29 is 29.9 Å². The molecular weight excluding hydrogens is 254 g/mol. The first-order valence-corrected chi connectivity index (χ1v) is 5.86. The number of hydrogen-bond acceptors (Lipinski definition) is 7. The highest BCUT2D eigenvalue weighted by Gasteiger charge is 2.44. The first-order chi connectivity index (χ1) is 9.04. The number of ether oxygens (including phenoxy) is 2. The Balaban J connectivity index is 2.13. The van der Waals surface area contributed by atoms with Crippen LogP contribution in [-0.4, -0.2) is 57.7 Å². The molecule has 6 N–H and O–H groups in total. The zero-order valence-electron chi connectivity index (χ0n) is 10.1. The van der Waals surface area contributed by atoms with Crippen molar-refractivity contribution in [3.63, 3.8) is 0 Å². The van der Waals surface area contributed by atoms with Crippen LogP contribution in [0, 0.1) is 0 Å². The molecule has 0 aliphatic carbocycles. The molecule has 2 rings (SSSR count). The monoisotopic (exact) mass is 271 g/mol. The number of benzene rings is 1. The maximum atomic E-state index is 9.79. The number of nitrogen functional groups attached to an aromatic ring is 1. The van der Waals surface area contributed by atoms with Crippen LogP contribution in [-0.2, 0) is 4.74 Å². The minimum absolute atomic E-state index is 0.284. The summed E-state index contributed by atoms with van der Waals surface area (Å²) < 4.78 is 10.6. The van der Waals surface area contributed by atoms with Crippen molar-refractivity contribution in [3.05, 3.63) is 24.3 Å². The molecular formula is C12H17NO6. The van der Waals surface area contributed by atoms with Crippen LogP contribution in [0.3, 0.4) is 0 Å². The van der Waals surface area contributed by atoms with Crippen molar-refractivity contribution in [2.45, 2.75) is 30.7 Å². The molecule has 0 radical (unpaired) electrons. The van der Waals surface area contributed by atoms with Crippen LogP contribution in [0.25, 0.3) is 0 Å². The van der Waals surface area contributed by atoms with Gasteiger partial charge in [-0.2, -0.15) is 0 Å². The quantitative estimate of drug-likeness (QED) is 0.421. The summed E-state index contributed by atoms with van der Waals surface area (Å²) >= 11 is 0. The maximum absolute atomic E-state index is 9.79. The van der Waals surface area contributed by atoms with Crippen LogP contribution in [0.2, 0.25) is 0 Å². The topological polar surface area (TPSA) is 125 Å². The number of para-hydroxylation sites is 2. The summed E-state index contributed by atoms with van der Waals surface area (Å²) in [4.78, 5) is 0. The number of aliphatic hydroxyl groups is 4. The number of nitrogens with two attached hydrogens (primary N) is 1. The third-order valence-electron chi connectivity index (χ3n) is 3.01. The Morgan fingerprint density at radius 2 is 1.79 bits per heavy atom. The molecule has 1 aliphatic heterocycles. The van der Waals surface area contributed by atoms with Crippen LogP contribution < -0.4 is 10.5 Å². The van der Waals surface area contributed by atoms with E-state index in [-0.39, 0.29) is 5.75 Å². The molecule has 7 nitrogen and oxygen atoms in total. The maximum Gasteiger partial charge on any atom is 0.229 e. The predicted molar refractivity (Wildman–Crippen MR) is 65.2 cm³/mol. The Bertz CT molecular complexity index is 426. The lowest BCUT2D eigenvalue weighted by Gasteiger charge is -2.39. The Morgan fingerprint density at radius 1 is 1.11 bits per heavy atom. The minimum Gasteiger partial charge on any atom is -0.460 e. The standard InChI is InChI=1S/C12H17NO6/c13-6-3-1-2-4-7(6)18-12-11(17)10(16)9(15)8(5-14)19-12/h1-4,8-12,14-17H,5,13H2/t8-,9+,10+,11-,12+/m1/s1. The average Bonchev–Trinajstić information content (AvgIpc) is 2.41. The Morgan fingerprint density at radius 3 is 2.42 bits per heavy atom. The van der Waals surface area contributed by atoms with E-state index >= 15 is 0 Å². The molecule has 0 spiro atoms. The number of hydrogen-bond donors (Lipinski definition) is 5. The van der Waals surface area contributed by atoms with Crippen LogP contribution in [0.4, 0.5) is 5.69 Å². The zero-order valence-corrected chi connectivity index (χ0v) is 10.1. The molecule has 5 atom stereocenters. The van der Waals surface area contributed by atoms with E-state index in [1.54, 1.807) is 24.3 Å². The second-order valence-corrected chi connectivity index (χ2v) is 4.35. The number of rotatable bonds is 3. The first-order valence-electron chi connectivity index (χ1n) is 5.86. The zero-order chi connectivity index (χ0) is 14.0. The summed E-state index contributed by atoms with van der Waals surface area (Å²) in [6.07, 6.45) is -6.56. The summed E-state index contributed by atoms with van der Waals surface area (Å²) in [5.41, 5.74) is 6.04. The molecule has 1 heterocycles. The summed E-state index contributed by atoms with van der Waals surface area (Å²) in [7, 11) is 0. The molecule has 1 saturated heterocycles. The SMILES string of the molecule is Nc1ccccc1O[C@H]1O[C@H](CO)[C@H](O)[C@H](O)[C@H]1O. The summed E-state index contributed by atoms with van der Waals surface area (Å²) in [5.74, 6) is 0.284. The normalized spacial score (nSPS) is 35.1. The molecule has 7 heteroatoms. The fourth-order valence-corrected chi connectivity index (χ4v) is 1.88. The largest absolute Gasteiger partial charge is 0.460 e. The van der Waals surface area contributed by atoms with Gasteiger partial charge in [0, 0.05) is 0 Å². The predicted octanol–water partition coefficient (Wildman–Crippen LogP) is -1.55. The molecule has 1 fully saturated rings. The lowest BCUT2D eigenvalue weighted by Crippen LogP contribution is -2.60. The summed E-state index contributed by atoms with van der Waals surface area (Å²) in [6.45, 7) is -0.505. The highest BCUT2D eigenvalue weighted by molar-refractivity contribution is 5.51. The highest BCUT2D eigenvalue weighted by atomic mass is 16.7. The second kappa shape index (κ2) is 5.72. The van der Waals surface area contributed by atoms with Gasteiger partial charge in [-0.25, -0.2) is 0 Å². The van der Waals surface area contributed by atoms with Crippen LogP contribution >= 0.6 is 0 Å². The third-order valence-corrected chi connectivity index (χ3v) is 3.01. The van der Waals surface area contributed by atoms with Gasteiger partial charge in [-0.1, -0.05) is 12.1 Å². The van der Waals surface area contributed by atoms with Gasteiger partial charge >= 0.3 is 0 Å². The molecule has 1 aliphatic rings. The molecule has 1 aromatic carbocycles. The number of anilines is 1. The molecule has 1 aromatic rings. The van der Waals surface area contributed by atoms with E-state index in [0.717, 1.165) is 0 Å². The van der Waals surface area contributed by atoms with Crippen molar-refractivity contribution in [2.24, 2.45) is 0 Å². The molecule has 19 heavy (non-hydrogen) atoms. The Labute approximate surface area is 109 Å². The van der Waals surface area contributed by atoms with Crippen LogP contribution in [0.1, 0.15) is 0 Å². The van der Waals surface area contributed by atoms with Gasteiger partial charge in [0.25, 0.3) is 0 Å². The molecule has 0 unspecified atom stereocenters. The highest BCUT2D eigenvalue weighted by Crippen LogP contribution is 2.27. The molecule has 0 saturated carbocycles. The van der Waals surface area contributed by atoms with Crippen molar-refractivity contribution in [3.8, 4) is 5.75 Å². The van der Waals surface area contributed by atoms with E-state index in [1.165, 1.54) is 0 Å². The van der Waals surface area contributed by atoms with E-state index in [4.69, 9.17) is 20.3 Å². The second-order valence-electron chi connectivity index (χ2n) is 4.35. The first kappa shape index (κ1) is 14.0. The third kappa shape index (κ3) is 2.80. The molecule has 0 amide bonds. The van der Waals surface area contributed by atoms with Gasteiger partial charge in [0.2, 0.25) is 6.29 Å². The van der Waals surface area contributed by atoms with Gasteiger partial charge in [0.1, 0.15) is 30.2 Å². The van der Waals surface area contributed by atoms with Crippen molar-refractivity contribution >= 4 is 5.69 Å². The lowest BCUT2D eigenvalue weighted by molar-refractivity contribution is -0.277. The van der Waals surface area contributed by atoms with E-state index < -0.39 is 37.3 Å².